The summed E-state index contributed by atoms with van der Waals surface area (Å²) in [6.07, 6.45) is 69.7. The highest BCUT2D eigenvalue weighted by Crippen LogP contribution is 2.44. The molecule has 0 spiro atoms. The molecule has 3 aliphatic heterocycles. The molecule has 0 N–H and O–H groups in total. The van der Waals surface area contributed by atoms with E-state index in [0.29, 0.717) is 48.6 Å². The van der Waals surface area contributed by atoms with Gasteiger partial charge in [0.15, 0.2) is 6.10 Å². The molecule has 0 amide bonds. The Morgan fingerprint density at radius 1 is 0.479 bits per heavy atom. The second kappa shape index (κ2) is 80.8. The zero-order valence-corrected chi connectivity index (χ0v) is 99.6. The van der Waals surface area contributed by atoms with E-state index in [1.807, 2.05) is 87.7 Å². The van der Waals surface area contributed by atoms with Gasteiger partial charge in [-0.2, -0.15) is 0 Å². The van der Waals surface area contributed by atoms with Gasteiger partial charge in [0.1, 0.15) is 5.75 Å². The lowest BCUT2D eigenvalue weighted by Crippen LogP contribution is -2.22. The first-order valence-electron chi connectivity index (χ1n) is 56.1. The van der Waals surface area contributed by atoms with E-state index in [0.717, 1.165) is 174 Å². The summed E-state index contributed by atoms with van der Waals surface area (Å²) < 4.78 is 58.1. The fourth-order valence-electron chi connectivity index (χ4n) is 16.4. The Morgan fingerprint density at radius 2 is 0.925 bits per heavy atom. The second-order valence-electron chi connectivity index (χ2n) is 44.3. The van der Waals surface area contributed by atoms with Crippen LogP contribution in [0, 0.1) is 72.5 Å². The molecular weight excluding hydrogens is 1820 g/mol. The summed E-state index contributed by atoms with van der Waals surface area (Å²) in [5.41, 5.74) is 12.4. The summed E-state index contributed by atoms with van der Waals surface area (Å²) in [5, 5.41) is 0. The van der Waals surface area contributed by atoms with Crippen molar-refractivity contribution in [2.45, 2.75) is 498 Å². The SMILES string of the molecule is C#CC(C)OC(=O)/C=C(C)/C=C/CC(C)CCCC(C)C.CC#CC(C)CCCC(C)C/C=C/C(C)=C/C(=O)OCC.CC/C(=C\CC/C(C)=C/C(=O)OC)CCC1OC1(C)CC.CCc1ccc(OCCC(CC)CCC2OC2(C)CC)cc1.COC(=O)/C=C(\C)CC/C=C(\C)CCC1OC1(C)C.COC(C)(C)CCCC(C)C/C=C/C(C)=C/C(=O)OC(C)C.COC(C)(C)CCCC(C)CCCc1ccc(C)cc1. The van der Waals surface area contributed by atoms with Crippen LogP contribution in [0.1, 0.15) is 437 Å². The zero-order chi connectivity index (χ0) is 111. The van der Waals surface area contributed by atoms with Gasteiger partial charge in [-0.1, -0.05) is 272 Å². The first-order chi connectivity index (χ1) is 68.8. The second-order valence-corrected chi connectivity index (χ2v) is 44.3. The third-order valence-electron chi connectivity index (χ3n) is 27.8. The first-order valence-corrected chi connectivity index (χ1v) is 56.1. The fraction of sp³-hybridized carbons (Fsp3) is 0.685. The minimum atomic E-state index is -0.480. The molecule has 16 heteroatoms. The lowest BCUT2D eigenvalue weighted by atomic mass is 9.93. The highest BCUT2D eigenvalue weighted by Gasteiger charge is 2.51. The number of benzene rings is 2. The molecule has 3 heterocycles. The van der Waals surface area contributed by atoms with Crippen molar-refractivity contribution >= 4 is 29.8 Å². The van der Waals surface area contributed by atoms with Gasteiger partial charge in [0.25, 0.3) is 0 Å². The number of epoxide rings is 3. The molecule has 12 unspecified atom stereocenters. The molecule has 3 fully saturated rings. The van der Waals surface area contributed by atoms with Crippen molar-refractivity contribution in [3.63, 3.8) is 0 Å². The molecule has 830 valence electrons. The van der Waals surface area contributed by atoms with E-state index in [1.54, 1.807) is 32.3 Å². The quantitative estimate of drug-likeness (QED) is 0.0115. The minimum absolute atomic E-state index is 0.0222. The van der Waals surface area contributed by atoms with Crippen LogP contribution in [-0.2, 0) is 84.2 Å². The predicted octanol–water partition coefficient (Wildman–Crippen LogP) is 34.2. The molecule has 0 bridgehead atoms. The maximum atomic E-state index is 11.5. The van der Waals surface area contributed by atoms with Crippen LogP contribution in [0.2, 0.25) is 0 Å². The number of carbonyl (C=O) groups is 5. The van der Waals surface area contributed by atoms with E-state index < -0.39 is 6.10 Å². The van der Waals surface area contributed by atoms with Crippen LogP contribution in [-0.4, -0.2) is 130 Å². The van der Waals surface area contributed by atoms with Crippen molar-refractivity contribution in [3.8, 4) is 29.9 Å². The van der Waals surface area contributed by atoms with E-state index in [2.05, 4.69) is 258 Å². The van der Waals surface area contributed by atoms with E-state index in [1.165, 1.54) is 157 Å². The average Bonchev–Trinajstić information content (AvgIpc) is 1.64. The Balaban J connectivity index is 0. The molecule has 3 aliphatic rings. The average molecular weight is 2030 g/mol. The minimum Gasteiger partial charge on any atom is -0.494 e. The summed E-state index contributed by atoms with van der Waals surface area (Å²) in [7, 11) is 6.39. The summed E-state index contributed by atoms with van der Waals surface area (Å²) in [5.74, 6) is 12.9. The van der Waals surface area contributed by atoms with Crippen molar-refractivity contribution < 1.29 is 76.1 Å². The van der Waals surface area contributed by atoms with Crippen molar-refractivity contribution in [1.82, 2.24) is 0 Å². The van der Waals surface area contributed by atoms with Crippen LogP contribution >= 0.6 is 0 Å². The number of aryl methyl sites for hydroxylation is 3. The van der Waals surface area contributed by atoms with Crippen LogP contribution in [0.4, 0.5) is 0 Å². The number of allylic oxidation sites excluding steroid dienone is 15. The van der Waals surface area contributed by atoms with Crippen LogP contribution in [0.3, 0.4) is 0 Å². The maximum Gasteiger partial charge on any atom is 0.332 e. The Morgan fingerprint density at radius 3 is 1.35 bits per heavy atom. The van der Waals surface area contributed by atoms with Crippen molar-refractivity contribution in [2.24, 2.45) is 41.4 Å². The number of esters is 5. The third kappa shape index (κ3) is 76.4. The van der Waals surface area contributed by atoms with Crippen LogP contribution in [0.15, 0.2) is 167 Å². The van der Waals surface area contributed by atoms with Gasteiger partial charge in [-0.15, -0.1) is 18.3 Å². The zero-order valence-electron chi connectivity index (χ0n) is 99.6. The highest BCUT2D eigenvalue weighted by molar-refractivity contribution is 5.85. The van der Waals surface area contributed by atoms with E-state index in [-0.39, 0.29) is 64.0 Å². The van der Waals surface area contributed by atoms with Crippen LogP contribution in [0.5, 0.6) is 5.75 Å². The number of hydrogen-bond donors (Lipinski definition) is 0. The van der Waals surface area contributed by atoms with Gasteiger partial charge >= 0.3 is 29.8 Å². The van der Waals surface area contributed by atoms with E-state index >= 15 is 0 Å². The van der Waals surface area contributed by atoms with Gasteiger partial charge in [0, 0.05) is 50.5 Å². The number of carbonyl (C=O) groups excluding carboxylic acids is 5. The topological polar surface area (TPSA) is 197 Å². The number of methoxy groups -OCH3 is 4. The van der Waals surface area contributed by atoms with Crippen LogP contribution < -0.4 is 4.74 Å². The van der Waals surface area contributed by atoms with E-state index in [9.17, 15) is 24.0 Å². The molecule has 0 radical (unpaired) electrons. The Hall–Kier alpha value is -8.09. The molecular formula is C130H214O16. The van der Waals surface area contributed by atoms with Gasteiger partial charge in [0.05, 0.1) is 79.9 Å². The predicted molar refractivity (Wildman–Crippen MR) is 616 cm³/mol. The molecule has 0 aromatic heterocycles. The number of ether oxygens (including phenoxy) is 11. The molecule has 2 aromatic carbocycles. The fourth-order valence-corrected chi connectivity index (χ4v) is 16.4. The number of rotatable bonds is 63. The number of terminal acetylenes is 1. The van der Waals surface area contributed by atoms with Gasteiger partial charge < -0.3 is 52.1 Å². The molecule has 12 atom stereocenters. The molecule has 5 rings (SSSR count). The Kier molecular flexibility index (Phi) is 77.5. The smallest absolute Gasteiger partial charge is 0.332 e. The first kappa shape index (κ1) is 140. The van der Waals surface area contributed by atoms with Gasteiger partial charge in [-0.3, -0.25) is 0 Å². The Labute approximate surface area is 895 Å². The van der Waals surface area contributed by atoms with Crippen molar-refractivity contribution in [1.29, 1.82) is 0 Å². The van der Waals surface area contributed by atoms with Gasteiger partial charge in [-0.25, -0.2) is 24.0 Å². The summed E-state index contributed by atoms with van der Waals surface area (Å²) >= 11 is 0. The molecule has 146 heavy (non-hydrogen) atoms. The summed E-state index contributed by atoms with van der Waals surface area (Å²) in [6.45, 7) is 68.6. The standard InChI is InChI=1S/C20H32O2.C19H34O3.2C19H30O2.C19H32O.C18H30O3.C16H26O3/c1-5-16-8-11-18(12-9-16)21-15-14-17(6-2)10-13-19-20(4,7-3)22-19;1-15(2)22-18(20)14-17(4)11-8-10-16(3)12-9-13-19(5,6)21-7;1-7-18(6)21-19(20)14-17(5)13-9-12-16(4)11-8-10-15(2)3;1-6-10-16(3)11-8-12-17(4)13-9-14-18(5)15-19(20)21-7-2;1-16(9-7-15-19(3,4)20-5)8-6-10-18-13-11-17(2)12-14-18;1-6-15(11-12-16-18(4,7-2)21-16)10-8-9-14(3)13-17(19)20-5;1-12(9-10-14-16(3,4)19-14)7-6-8-13(2)11-15(17)18-5/h8-9,11-12,17,19H,5-7,10,13-15H2,1-4H3;8,11,14-16H,9-10,12-13H2,1-7H3;1,9,13-16,18H,8,10-12H2,2-6H3;9,14-17H,7-8,11-13H2,1-5H3;11-14,16H,6-10,15H2,1-5H3;10,13,16H,6-9,11-12H2,1-5H3;7,11,14H,6,8-10H2,1-5H3/b;11-8+,17-14+;13-9+,17-14+;14-9+,18-15+;;14-13+,15-10+;12-7+,13-11+. The lowest BCUT2D eigenvalue weighted by molar-refractivity contribution is -0.141. The lowest BCUT2D eigenvalue weighted by Gasteiger charge is -2.23. The molecule has 0 saturated carbocycles. The third-order valence-corrected chi connectivity index (χ3v) is 27.8. The van der Waals surface area contributed by atoms with E-state index in [4.69, 9.17) is 49.1 Å². The maximum absolute atomic E-state index is 11.5. The largest absolute Gasteiger partial charge is 0.494 e. The monoisotopic (exact) mass is 2030 g/mol. The molecule has 0 aliphatic carbocycles. The van der Waals surface area contributed by atoms with Crippen molar-refractivity contribution in [2.75, 3.05) is 41.7 Å². The molecule has 3 saturated heterocycles. The Bertz CT molecular complexity index is 4300. The normalized spacial score (nSPS) is 18.7. The summed E-state index contributed by atoms with van der Waals surface area (Å²) in [4.78, 5) is 56.4. The molecule has 16 nitrogen and oxygen atoms in total. The van der Waals surface area contributed by atoms with Gasteiger partial charge in [-0.05, 0) is 362 Å². The van der Waals surface area contributed by atoms with Gasteiger partial charge in [0.2, 0.25) is 0 Å². The summed E-state index contributed by atoms with van der Waals surface area (Å²) in [6, 6.07) is 17.4. The number of hydrogen-bond acceptors (Lipinski definition) is 16. The molecule has 2 aromatic rings. The van der Waals surface area contributed by atoms with Crippen LogP contribution in [0.25, 0.3) is 0 Å². The highest BCUT2D eigenvalue weighted by atomic mass is 16.6. The van der Waals surface area contributed by atoms with Crippen molar-refractivity contribution in [3.05, 3.63) is 183 Å².